The minimum absolute atomic E-state index is 0.0534. The van der Waals surface area contributed by atoms with E-state index in [1.807, 2.05) is 60.7 Å². The smallest absolute Gasteiger partial charge is 0.253 e. The number of likely N-dealkylation sites (tertiary alicyclic amines) is 1. The van der Waals surface area contributed by atoms with Gasteiger partial charge in [0.05, 0.1) is 12.3 Å². The fourth-order valence-corrected chi connectivity index (χ4v) is 5.44. The zero-order chi connectivity index (χ0) is 31.6. The number of anilines is 2. The molecule has 0 radical (unpaired) electrons. The van der Waals surface area contributed by atoms with Crippen LogP contribution in [0, 0.1) is 5.92 Å². The first-order chi connectivity index (χ1) is 21.9. The molecule has 1 atom stereocenters. The number of nitrogens with zero attached hydrogens (tertiary/aromatic N) is 2. The van der Waals surface area contributed by atoms with E-state index in [1.165, 1.54) is 5.56 Å². The van der Waals surface area contributed by atoms with Gasteiger partial charge in [-0.05, 0) is 78.9 Å². The summed E-state index contributed by atoms with van der Waals surface area (Å²) in [4.78, 5) is 54.8. The lowest BCUT2D eigenvalue weighted by atomic mass is 9.96. The minimum Gasteiger partial charge on any atom is -0.341 e. The van der Waals surface area contributed by atoms with Crippen molar-refractivity contribution in [2.24, 2.45) is 5.92 Å². The molecule has 4 aromatic rings. The standard InChI is InChI=1S/C37H38N4O4/c1-40(24-22-27-9-4-2-5-10-27)36(44)30-16-20-32(21-17-30)38-34(42)25-28-14-18-33(19-15-28)39-35(43)31-13-8-23-41(26-31)37(45)29-11-6-3-7-12-29/h2-7,9-12,14-21,31H,8,13,22-26H2,1H3,(H,38,42)(H,39,43). The highest BCUT2D eigenvalue weighted by atomic mass is 16.2. The van der Waals surface area contributed by atoms with Crippen molar-refractivity contribution in [2.75, 3.05) is 37.3 Å². The molecule has 4 amide bonds. The molecule has 1 aliphatic heterocycles. The summed E-state index contributed by atoms with van der Waals surface area (Å²) in [6.07, 6.45) is 2.44. The Hall–Kier alpha value is -5.24. The molecular weight excluding hydrogens is 564 g/mol. The van der Waals surface area contributed by atoms with Gasteiger partial charge in [0.15, 0.2) is 0 Å². The molecule has 8 nitrogen and oxygen atoms in total. The summed E-state index contributed by atoms with van der Waals surface area (Å²) in [5.41, 5.74) is 4.42. The predicted octanol–water partition coefficient (Wildman–Crippen LogP) is 5.67. The van der Waals surface area contributed by atoms with Crippen molar-refractivity contribution in [1.29, 1.82) is 0 Å². The zero-order valence-corrected chi connectivity index (χ0v) is 25.4. The maximum atomic E-state index is 13.0. The number of amides is 4. The third-order valence-electron chi connectivity index (χ3n) is 8.03. The molecule has 45 heavy (non-hydrogen) atoms. The van der Waals surface area contributed by atoms with E-state index in [2.05, 4.69) is 10.6 Å². The lowest BCUT2D eigenvalue weighted by Crippen LogP contribution is -2.43. The van der Waals surface area contributed by atoms with E-state index >= 15 is 0 Å². The Morgan fingerprint density at radius 2 is 1.36 bits per heavy atom. The summed E-state index contributed by atoms with van der Waals surface area (Å²) < 4.78 is 0. The van der Waals surface area contributed by atoms with Crippen molar-refractivity contribution < 1.29 is 19.2 Å². The number of hydrogen-bond acceptors (Lipinski definition) is 4. The van der Waals surface area contributed by atoms with Crippen molar-refractivity contribution in [3.8, 4) is 0 Å². The van der Waals surface area contributed by atoms with E-state index in [9.17, 15) is 19.2 Å². The molecule has 1 aliphatic rings. The number of likely N-dealkylation sites (N-methyl/N-ethyl adjacent to an activating group) is 1. The molecule has 0 aromatic heterocycles. The van der Waals surface area contributed by atoms with Crippen LogP contribution in [0.25, 0.3) is 0 Å². The molecule has 5 rings (SSSR count). The molecular formula is C37H38N4O4. The van der Waals surface area contributed by atoms with Gasteiger partial charge in [0, 0.05) is 49.2 Å². The molecule has 0 aliphatic carbocycles. The van der Waals surface area contributed by atoms with Gasteiger partial charge in [-0.1, -0.05) is 60.7 Å². The van der Waals surface area contributed by atoms with Crippen LogP contribution >= 0.6 is 0 Å². The molecule has 0 spiro atoms. The normalized spacial score (nSPS) is 14.3. The minimum atomic E-state index is -0.284. The lowest BCUT2D eigenvalue weighted by molar-refractivity contribution is -0.121. The summed E-state index contributed by atoms with van der Waals surface area (Å²) in [7, 11) is 1.79. The van der Waals surface area contributed by atoms with E-state index in [1.54, 1.807) is 65.4 Å². The van der Waals surface area contributed by atoms with Gasteiger partial charge in [0.1, 0.15) is 0 Å². The van der Waals surface area contributed by atoms with Crippen LogP contribution < -0.4 is 10.6 Å². The molecule has 1 heterocycles. The zero-order valence-electron chi connectivity index (χ0n) is 25.4. The molecule has 1 saturated heterocycles. The SMILES string of the molecule is CN(CCc1ccccc1)C(=O)c1ccc(NC(=O)Cc2ccc(NC(=O)C3CCCN(C(=O)c4ccccc4)C3)cc2)cc1. The largest absolute Gasteiger partial charge is 0.341 e. The Morgan fingerprint density at radius 3 is 2.04 bits per heavy atom. The van der Waals surface area contributed by atoms with Crippen LogP contribution in [0.2, 0.25) is 0 Å². The number of nitrogens with one attached hydrogen (secondary N) is 2. The van der Waals surface area contributed by atoms with Gasteiger partial charge in [-0.2, -0.15) is 0 Å². The summed E-state index contributed by atoms with van der Waals surface area (Å²) >= 11 is 0. The van der Waals surface area contributed by atoms with Crippen LogP contribution in [0.5, 0.6) is 0 Å². The molecule has 8 heteroatoms. The number of hydrogen-bond donors (Lipinski definition) is 2. The van der Waals surface area contributed by atoms with Crippen molar-refractivity contribution in [3.05, 3.63) is 131 Å². The first kappa shape index (κ1) is 31.2. The summed E-state index contributed by atoms with van der Waals surface area (Å²) in [5.74, 6) is -0.709. The molecule has 1 unspecified atom stereocenters. The number of piperidine rings is 1. The number of rotatable bonds is 10. The summed E-state index contributed by atoms with van der Waals surface area (Å²) in [5, 5.41) is 5.84. The number of benzene rings is 4. The first-order valence-corrected chi connectivity index (χ1v) is 15.3. The highest BCUT2D eigenvalue weighted by Crippen LogP contribution is 2.21. The van der Waals surface area contributed by atoms with Crippen LogP contribution in [0.4, 0.5) is 11.4 Å². The van der Waals surface area contributed by atoms with E-state index < -0.39 is 0 Å². The van der Waals surface area contributed by atoms with Crippen molar-refractivity contribution in [2.45, 2.75) is 25.7 Å². The van der Waals surface area contributed by atoms with E-state index in [4.69, 9.17) is 0 Å². The summed E-state index contributed by atoms with van der Waals surface area (Å²) in [6, 6.07) is 33.3. The second kappa shape index (κ2) is 15.0. The predicted molar refractivity (Wildman–Crippen MR) is 176 cm³/mol. The molecule has 0 saturated carbocycles. The van der Waals surface area contributed by atoms with E-state index in [0.717, 1.165) is 24.8 Å². The van der Waals surface area contributed by atoms with Crippen molar-refractivity contribution >= 4 is 35.0 Å². The highest BCUT2D eigenvalue weighted by molar-refractivity contribution is 5.97. The van der Waals surface area contributed by atoms with Gasteiger partial charge in [-0.25, -0.2) is 0 Å². The lowest BCUT2D eigenvalue weighted by Gasteiger charge is -2.32. The average molecular weight is 603 g/mol. The molecule has 2 N–H and O–H groups in total. The third kappa shape index (κ3) is 8.66. The fraction of sp³-hybridized carbons (Fsp3) is 0.243. The van der Waals surface area contributed by atoms with Crippen LogP contribution in [-0.2, 0) is 22.4 Å². The second-order valence-electron chi connectivity index (χ2n) is 11.4. The molecule has 1 fully saturated rings. The third-order valence-corrected chi connectivity index (χ3v) is 8.03. The van der Waals surface area contributed by atoms with Crippen LogP contribution in [-0.4, -0.2) is 60.1 Å². The average Bonchev–Trinajstić information content (AvgIpc) is 3.08. The van der Waals surface area contributed by atoms with Crippen LogP contribution in [0.1, 0.15) is 44.7 Å². The van der Waals surface area contributed by atoms with Gasteiger partial charge in [0.2, 0.25) is 11.8 Å². The topological polar surface area (TPSA) is 98.8 Å². The van der Waals surface area contributed by atoms with Crippen molar-refractivity contribution in [1.82, 2.24) is 9.80 Å². The van der Waals surface area contributed by atoms with Gasteiger partial charge in [0.25, 0.3) is 11.8 Å². The number of carbonyl (C=O) groups excluding carboxylic acids is 4. The fourth-order valence-electron chi connectivity index (χ4n) is 5.44. The first-order valence-electron chi connectivity index (χ1n) is 15.3. The monoisotopic (exact) mass is 602 g/mol. The molecule has 230 valence electrons. The summed E-state index contributed by atoms with van der Waals surface area (Å²) in [6.45, 7) is 1.64. The van der Waals surface area contributed by atoms with E-state index in [0.29, 0.717) is 42.1 Å². The molecule has 0 bridgehead atoms. The van der Waals surface area contributed by atoms with Crippen LogP contribution in [0.15, 0.2) is 109 Å². The highest BCUT2D eigenvalue weighted by Gasteiger charge is 2.29. The maximum absolute atomic E-state index is 13.0. The number of carbonyl (C=O) groups is 4. The second-order valence-corrected chi connectivity index (χ2v) is 11.4. The van der Waals surface area contributed by atoms with Crippen LogP contribution in [0.3, 0.4) is 0 Å². The van der Waals surface area contributed by atoms with Gasteiger partial charge < -0.3 is 20.4 Å². The Bertz CT molecular complexity index is 1610. The maximum Gasteiger partial charge on any atom is 0.253 e. The van der Waals surface area contributed by atoms with E-state index in [-0.39, 0.29) is 36.0 Å². The Balaban J connectivity index is 1.07. The van der Waals surface area contributed by atoms with Gasteiger partial charge in [-0.15, -0.1) is 0 Å². The Kier molecular flexibility index (Phi) is 10.4. The quantitative estimate of drug-likeness (QED) is 0.244. The Morgan fingerprint density at radius 1 is 0.733 bits per heavy atom. The molecule has 4 aromatic carbocycles. The van der Waals surface area contributed by atoms with Gasteiger partial charge >= 0.3 is 0 Å². The van der Waals surface area contributed by atoms with Crippen molar-refractivity contribution in [3.63, 3.8) is 0 Å². The van der Waals surface area contributed by atoms with Gasteiger partial charge in [-0.3, -0.25) is 19.2 Å². The Labute approximate surface area is 264 Å².